The number of hydrogen-bond acceptors (Lipinski definition) is 2. The van der Waals surface area contributed by atoms with Crippen molar-refractivity contribution in [2.75, 3.05) is 6.61 Å². The van der Waals surface area contributed by atoms with Crippen molar-refractivity contribution in [2.45, 2.75) is 10.3 Å². The molecular formula is C4H8INO2. The highest BCUT2D eigenvalue weighted by Crippen LogP contribution is 2.02. The van der Waals surface area contributed by atoms with Crippen LogP contribution in [0.15, 0.2) is 0 Å². The third-order valence-corrected chi connectivity index (χ3v) is 1.93. The minimum atomic E-state index is -0.361. The summed E-state index contributed by atoms with van der Waals surface area (Å²) in [5, 5.41) is 8.27. The molecule has 0 aliphatic carbocycles. The van der Waals surface area contributed by atoms with Gasteiger partial charge in [-0.05, 0) is 6.42 Å². The van der Waals surface area contributed by atoms with E-state index >= 15 is 0 Å². The predicted octanol–water partition coefficient (Wildman–Crippen LogP) is -0.342. The lowest BCUT2D eigenvalue weighted by Crippen LogP contribution is -2.23. The van der Waals surface area contributed by atoms with E-state index in [1.165, 1.54) is 0 Å². The van der Waals surface area contributed by atoms with Gasteiger partial charge in [0.1, 0.15) is 0 Å². The van der Waals surface area contributed by atoms with Crippen LogP contribution >= 0.6 is 22.6 Å². The maximum atomic E-state index is 10.2. The third kappa shape index (κ3) is 3.20. The Morgan fingerprint density at radius 3 is 2.50 bits per heavy atom. The second kappa shape index (κ2) is 4.08. The van der Waals surface area contributed by atoms with Gasteiger partial charge in [0.15, 0.2) is 0 Å². The summed E-state index contributed by atoms with van der Waals surface area (Å²) in [5.74, 6) is -0.361. The van der Waals surface area contributed by atoms with Gasteiger partial charge in [0.25, 0.3) is 0 Å². The number of amides is 1. The highest BCUT2D eigenvalue weighted by atomic mass is 127. The first-order chi connectivity index (χ1) is 3.68. The van der Waals surface area contributed by atoms with Gasteiger partial charge in [-0.1, -0.05) is 22.6 Å². The fourth-order valence-corrected chi connectivity index (χ4v) is 0.534. The molecule has 3 nitrogen and oxygen atoms in total. The van der Waals surface area contributed by atoms with Gasteiger partial charge in [-0.3, -0.25) is 4.79 Å². The molecule has 0 aliphatic heterocycles. The molecule has 0 bridgehead atoms. The number of aliphatic hydroxyl groups is 1. The molecule has 0 aromatic carbocycles. The standard InChI is InChI=1S/C4H8INO2/c5-3(1-2-7)4(6)8/h3,7H,1-2H2,(H2,6,8). The third-order valence-electron chi connectivity index (χ3n) is 0.691. The second-order valence-corrected chi connectivity index (χ2v) is 2.89. The van der Waals surface area contributed by atoms with Gasteiger partial charge in [-0.25, -0.2) is 0 Å². The number of carbonyl (C=O) groups excluding carboxylic acids is 1. The van der Waals surface area contributed by atoms with E-state index in [9.17, 15) is 4.79 Å². The number of alkyl halides is 1. The van der Waals surface area contributed by atoms with Crippen LogP contribution in [0.2, 0.25) is 0 Å². The summed E-state index contributed by atoms with van der Waals surface area (Å²) in [6.07, 6.45) is 0.454. The monoisotopic (exact) mass is 229 g/mol. The molecular weight excluding hydrogens is 221 g/mol. The van der Waals surface area contributed by atoms with Gasteiger partial charge in [-0.15, -0.1) is 0 Å². The van der Waals surface area contributed by atoms with Gasteiger partial charge < -0.3 is 10.8 Å². The zero-order chi connectivity index (χ0) is 6.57. The highest BCUT2D eigenvalue weighted by Gasteiger charge is 2.07. The second-order valence-electron chi connectivity index (χ2n) is 1.38. The minimum Gasteiger partial charge on any atom is -0.396 e. The van der Waals surface area contributed by atoms with Gasteiger partial charge in [-0.2, -0.15) is 0 Å². The summed E-state index contributed by atoms with van der Waals surface area (Å²) < 4.78 is -0.224. The molecule has 0 spiro atoms. The maximum absolute atomic E-state index is 10.2. The number of hydrogen-bond donors (Lipinski definition) is 2. The molecule has 8 heavy (non-hydrogen) atoms. The van der Waals surface area contributed by atoms with E-state index in [1.807, 2.05) is 22.6 Å². The van der Waals surface area contributed by atoms with E-state index in [0.29, 0.717) is 6.42 Å². The fraction of sp³-hybridized carbons (Fsp3) is 0.750. The van der Waals surface area contributed by atoms with Crippen LogP contribution in [0.4, 0.5) is 0 Å². The summed E-state index contributed by atoms with van der Waals surface area (Å²) in [5.41, 5.74) is 4.86. The van der Waals surface area contributed by atoms with Crippen LogP contribution < -0.4 is 5.73 Å². The van der Waals surface area contributed by atoms with E-state index in [-0.39, 0.29) is 16.4 Å². The molecule has 0 aromatic heterocycles. The van der Waals surface area contributed by atoms with Gasteiger partial charge in [0, 0.05) is 6.61 Å². The first kappa shape index (κ1) is 8.16. The van der Waals surface area contributed by atoms with Gasteiger partial charge >= 0.3 is 0 Å². The van der Waals surface area contributed by atoms with E-state index < -0.39 is 0 Å². The van der Waals surface area contributed by atoms with Crippen LogP contribution in [0.3, 0.4) is 0 Å². The van der Waals surface area contributed by atoms with Crippen LogP contribution in [-0.2, 0) is 4.79 Å². The maximum Gasteiger partial charge on any atom is 0.230 e. The van der Waals surface area contributed by atoms with Crippen LogP contribution in [0.5, 0.6) is 0 Å². The van der Waals surface area contributed by atoms with Gasteiger partial charge in [0.2, 0.25) is 5.91 Å². The number of aliphatic hydroxyl groups excluding tert-OH is 1. The highest BCUT2D eigenvalue weighted by molar-refractivity contribution is 14.1. The summed E-state index contributed by atoms with van der Waals surface area (Å²) >= 11 is 1.90. The van der Waals surface area contributed by atoms with E-state index in [4.69, 9.17) is 10.8 Å². The van der Waals surface area contributed by atoms with Crippen molar-refractivity contribution < 1.29 is 9.90 Å². The zero-order valence-corrected chi connectivity index (χ0v) is 6.46. The molecule has 1 unspecified atom stereocenters. The number of rotatable bonds is 3. The molecule has 0 aliphatic rings. The molecule has 1 atom stereocenters. The largest absolute Gasteiger partial charge is 0.396 e. The number of nitrogens with two attached hydrogens (primary N) is 1. The Labute approximate surface area is 61.4 Å². The topological polar surface area (TPSA) is 63.3 Å². The lowest BCUT2D eigenvalue weighted by atomic mass is 10.3. The van der Waals surface area contributed by atoms with Crippen molar-refractivity contribution in [3.05, 3.63) is 0 Å². The van der Waals surface area contributed by atoms with E-state index in [0.717, 1.165) is 0 Å². The Hall–Kier alpha value is 0.160. The fourth-order valence-electron chi connectivity index (χ4n) is 0.256. The van der Waals surface area contributed by atoms with Crippen LogP contribution in [0.25, 0.3) is 0 Å². The molecule has 0 fully saturated rings. The number of halogens is 1. The minimum absolute atomic E-state index is 0.0244. The molecule has 0 heterocycles. The SMILES string of the molecule is NC(=O)C(I)CCO. The van der Waals surface area contributed by atoms with Crippen LogP contribution in [0, 0.1) is 0 Å². The summed E-state index contributed by atoms with van der Waals surface area (Å²) in [6, 6.07) is 0. The Kier molecular flexibility index (Phi) is 4.16. The Morgan fingerprint density at radius 1 is 1.88 bits per heavy atom. The Balaban J connectivity index is 3.32. The summed E-state index contributed by atoms with van der Waals surface area (Å²) in [6.45, 7) is 0.0244. The van der Waals surface area contributed by atoms with Crippen molar-refractivity contribution in [2.24, 2.45) is 5.73 Å². The smallest absolute Gasteiger partial charge is 0.230 e. The lowest BCUT2D eigenvalue weighted by molar-refractivity contribution is -0.117. The number of carbonyl (C=O) groups is 1. The molecule has 3 N–H and O–H groups in total. The summed E-state index contributed by atoms with van der Waals surface area (Å²) in [4.78, 5) is 10.2. The number of primary amides is 1. The molecule has 0 rings (SSSR count). The summed E-state index contributed by atoms with van der Waals surface area (Å²) in [7, 11) is 0. The average Bonchev–Trinajstić information content (AvgIpc) is 1.67. The first-order valence-corrected chi connectivity index (χ1v) is 3.47. The molecule has 4 heteroatoms. The first-order valence-electron chi connectivity index (χ1n) is 2.22. The molecule has 0 saturated heterocycles. The average molecular weight is 229 g/mol. The van der Waals surface area contributed by atoms with E-state index in [1.54, 1.807) is 0 Å². The van der Waals surface area contributed by atoms with Crippen molar-refractivity contribution >= 4 is 28.5 Å². The quantitative estimate of drug-likeness (QED) is 0.513. The normalized spacial score (nSPS) is 13.2. The van der Waals surface area contributed by atoms with Crippen LogP contribution in [-0.4, -0.2) is 21.5 Å². The van der Waals surface area contributed by atoms with E-state index in [2.05, 4.69) is 0 Å². The van der Waals surface area contributed by atoms with Crippen molar-refractivity contribution in [3.63, 3.8) is 0 Å². The van der Waals surface area contributed by atoms with Gasteiger partial charge in [0.05, 0.1) is 3.92 Å². The predicted molar refractivity (Wildman–Crippen MR) is 38.7 cm³/mol. The molecule has 0 aromatic rings. The van der Waals surface area contributed by atoms with Crippen molar-refractivity contribution in [3.8, 4) is 0 Å². The molecule has 48 valence electrons. The Morgan fingerprint density at radius 2 is 2.38 bits per heavy atom. The lowest BCUT2D eigenvalue weighted by Gasteiger charge is -1.99. The van der Waals surface area contributed by atoms with Crippen molar-refractivity contribution in [1.29, 1.82) is 0 Å². The molecule has 0 saturated carbocycles. The molecule has 0 radical (unpaired) electrons. The van der Waals surface area contributed by atoms with Crippen LogP contribution in [0.1, 0.15) is 6.42 Å². The zero-order valence-electron chi connectivity index (χ0n) is 4.30. The Bertz CT molecular complexity index is 86.1. The molecule has 1 amide bonds. The van der Waals surface area contributed by atoms with Crippen molar-refractivity contribution in [1.82, 2.24) is 0 Å².